The lowest BCUT2D eigenvalue weighted by Gasteiger charge is -2.14. The quantitative estimate of drug-likeness (QED) is 0.183. The molecule has 0 radical (unpaired) electrons. The summed E-state index contributed by atoms with van der Waals surface area (Å²) < 4.78 is 1.83. The lowest BCUT2D eigenvalue weighted by Crippen LogP contribution is -2.08. The average Bonchev–Trinajstić information content (AvgIpc) is 2.38. The van der Waals surface area contributed by atoms with E-state index in [9.17, 15) is 0 Å². The Labute approximate surface area is 144 Å². The molecule has 3 unspecified atom stereocenters. The van der Waals surface area contributed by atoms with Crippen LogP contribution in [0.4, 0.5) is 0 Å². The fraction of sp³-hybridized carbons (Fsp3) is 1.00. The number of halogens is 2. The highest BCUT2D eigenvalue weighted by Gasteiger charge is 2.09. The number of hydrogen-bond donors (Lipinski definition) is 0. The summed E-state index contributed by atoms with van der Waals surface area (Å²) in [6.07, 6.45) is 11.0. The van der Waals surface area contributed by atoms with E-state index < -0.39 is 0 Å². The van der Waals surface area contributed by atoms with Crippen molar-refractivity contribution >= 4 is 45.2 Å². The third kappa shape index (κ3) is 15.5. The summed E-state index contributed by atoms with van der Waals surface area (Å²) in [4.78, 5) is 0. The summed E-state index contributed by atoms with van der Waals surface area (Å²) in [5, 5.41) is 0. The van der Waals surface area contributed by atoms with Crippen LogP contribution in [0.3, 0.4) is 0 Å². The van der Waals surface area contributed by atoms with Gasteiger partial charge in [0.25, 0.3) is 0 Å². The molecule has 0 rings (SSSR count). The van der Waals surface area contributed by atoms with Crippen LogP contribution in [0, 0.1) is 5.92 Å². The van der Waals surface area contributed by atoms with Gasteiger partial charge in [-0.1, -0.05) is 112 Å². The monoisotopic (exact) mass is 480 g/mol. The Balaban J connectivity index is 0. The number of rotatable bonds is 9. The second kappa shape index (κ2) is 16.5. The van der Waals surface area contributed by atoms with Crippen molar-refractivity contribution in [2.45, 2.75) is 93.8 Å². The molecule has 0 saturated heterocycles. The van der Waals surface area contributed by atoms with Crippen LogP contribution < -0.4 is 0 Å². The van der Waals surface area contributed by atoms with Crippen molar-refractivity contribution in [1.82, 2.24) is 0 Å². The molecule has 0 nitrogen and oxygen atoms in total. The van der Waals surface area contributed by atoms with Gasteiger partial charge in [-0.2, -0.15) is 0 Å². The zero-order chi connectivity index (χ0) is 14.4. The van der Waals surface area contributed by atoms with Gasteiger partial charge in [0.1, 0.15) is 0 Å². The molecule has 0 bridgehead atoms. The summed E-state index contributed by atoms with van der Waals surface area (Å²) >= 11 is 5.11. The van der Waals surface area contributed by atoms with Gasteiger partial charge in [0.2, 0.25) is 0 Å². The molecular formula is C16H34I2. The minimum atomic E-state index is 0.901. The molecule has 0 aliphatic heterocycles. The van der Waals surface area contributed by atoms with Gasteiger partial charge in [-0.3, -0.25) is 0 Å². The maximum absolute atomic E-state index is 2.57. The Kier molecular flexibility index (Phi) is 20.0. The van der Waals surface area contributed by atoms with Gasteiger partial charge in [-0.25, -0.2) is 0 Å². The van der Waals surface area contributed by atoms with Gasteiger partial charge in [-0.05, 0) is 25.2 Å². The molecular weight excluding hydrogens is 446 g/mol. The van der Waals surface area contributed by atoms with Crippen LogP contribution in [0.2, 0.25) is 0 Å². The number of alkyl halides is 2. The van der Waals surface area contributed by atoms with E-state index in [1.807, 2.05) is 0 Å². The van der Waals surface area contributed by atoms with E-state index in [1.54, 1.807) is 0 Å². The van der Waals surface area contributed by atoms with Crippen LogP contribution in [0.15, 0.2) is 0 Å². The standard InChI is InChI=1S/2C8H17I/c1-4-6-8(9)7(3)5-2;1-3-5-6-7-8(9)4-2/h7-8H,4-6H2,1-3H3;8H,3-7H2,1-2H3. The highest BCUT2D eigenvalue weighted by atomic mass is 127. The first-order valence-corrected chi connectivity index (χ1v) is 10.3. The van der Waals surface area contributed by atoms with Gasteiger partial charge in [0.05, 0.1) is 0 Å². The fourth-order valence-electron chi connectivity index (χ4n) is 1.64. The van der Waals surface area contributed by atoms with Crippen LogP contribution in [-0.4, -0.2) is 7.85 Å². The van der Waals surface area contributed by atoms with Crippen molar-refractivity contribution in [2.75, 3.05) is 0 Å². The lowest BCUT2D eigenvalue weighted by molar-refractivity contribution is 0.522. The molecule has 0 heterocycles. The second-order valence-electron chi connectivity index (χ2n) is 5.19. The zero-order valence-electron chi connectivity index (χ0n) is 13.1. The molecule has 0 N–H and O–H groups in total. The summed E-state index contributed by atoms with van der Waals surface area (Å²) in [5.74, 6) is 0.908. The predicted molar refractivity (Wildman–Crippen MR) is 104 cm³/mol. The lowest BCUT2D eigenvalue weighted by atomic mass is 10.0. The predicted octanol–water partition coefficient (Wildman–Crippen LogP) is 7.42. The summed E-state index contributed by atoms with van der Waals surface area (Å²) in [5.41, 5.74) is 0. The summed E-state index contributed by atoms with van der Waals surface area (Å²) in [7, 11) is 0. The Morgan fingerprint density at radius 2 is 1.39 bits per heavy atom. The first-order chi connectivity index (χ1) is 8.53. The minimum absolute atomic E-state index is 0.901. The molecule has 0 amide bonds. The minimum Gasteiger partial charge on any atom is -0.0826 e. The number of hydrogen-bond acceptors (Lipinski definition) is 0. The Hall–Kier alpha value is 1.46. The van der Waals surface area contributed by atoms with Crippen LogP contribution in [0.5, 0.6) is 0 Å². The van der Waals surface area contributed by atoms with Crippen molar-refractivity contribution in [3.8, 4) is 0 Å². The maximum atomic E-state index is 2.57. The summed E-state index contributed by atoms with van der Waals surface area (Å²) in [6.45, 7) is 11.4. The molecule has 112 valence electrons. The van der Waals surface area contributed by atoms with Crippen molar-refractivity contribution in [3.63, 3.8) is 0 Å². The Bertz CT molecular complexity index is 148. The SMILES string of the molecule is CCCC(I)C(C)CC.CCCCCC(I)CC. The number of unbranched alkanes of at least 4 members (excludes halogenated alkanes) is 2. The first-order valence-electron chi connectivity index (χ1n) is 7.81. The van der Waals surface area contributed by atoms with E-state index in [-0.39, 0.29) is 0 Å². The molecule has 0 aliphatic carbocycles. The molecule has 2 heteroatoms. The first kappa shape index (κ1) is 21.8. The fourth-order valence-corrected chi connectivity index (χ4v) is 3.21. The van der Waals surface area contributed by atoms with Crippen LogP contribution in [-0.2, 0) is 0 Å². The third-order valence-electron chi connectivity index (χ3n) is 3.39. The van der Waals surface area contributed by atoms with Gasteiger partial charge >= 0.3 is 0 Å². The molecule has 0 aromatic heterocycles. The highest BCUT2D eigenvalue weighted by molar-refractivity contribution is 14.1. The van der Waals surface area contributed by atoms with E-state index in [1.165, 1.54) is 51.4 Å². The maximum Gasteiger partial charge on any atom is 0.0135 e. The average molecular weight is 480 g/mol. The molecule has 3 atom stereocenters. The third-order valence-corrected chi connectivity index (χ3v) is 6.74. The molecule has 0 saturated carbocycles. The van der Waals surface area contributed by atoms with Gasteiger partial charge in [-0.15, -0.1) is 0 Å². The van der Waals surface area contributed by atoms with Gasteiger partial charge in [0, 0.05) is 7.85 Å². The molecule has 0 aliphatic rings. The highest BCUT2D eigenvalue weighted by Crippen LogP contribution is 2.20. The normalized spacial score (nSPS) is 15.5. The van der Waals surface area contributed by atoms with E-state index in [0.717, 1.165) is 13.8 Å². The topological polar surface area (TPSA) is 0 Å². The van der Waals surface area contributed by atoms with Crippen LogP contribution in [0.1, 0.15) is 86.0 Å². The van der Waals surface area contributed by atoms with E-state index in [4.69, 9.17) is 0 Å². The summed E-state index contributed by atoms with van der Waals surface area (Å²) in [6, 6.07) is 0. The van der Waals surface area contributed by atoms with Crippen molar-refractivity contribution in [2.24, 2.45) is 5.92 Å². The van der Waals surface area contributed by atoms with E-state index in [0.29, 0.717) is 0 Å². The molecule has 0 spiro atoms. The molecule has 0 fully saturated rings. The Morgan fingerprint density at radius 3 is 1.78 bits per heavy atom. The Morgan fingerprint density at radius 1 is 0.778 bits per heavy atom. The van der Waals surface area contributed by atoms with E-state index >= 15 is 0 Å². The smallest absolute Gasteiger partial charge is 0.0135 e. The van der Waals surface area contributed by atoms with E-state index in [2.05, 4.69) is 79.8 Å². The molecule has 0 aromatic rings. The zero-order valence-corrected chi connectivity index (χ0v) is 17.5. The van der Waals surface area contributed by atoms with Gasteiger partial charge < -0.3 is 0 Å². The van der Waals surface area contributed by atoms with Gasteiger partial charge in [0.15, 0.2) is 0 Å². The van der Waals surface area contributed by atoms with Crippen LogP contribution >= 0.6 is 45.2 Å². The molecule has 18 heavy (non-hydrogen) atoms. The van der Waals surface area contributed by atoms with Crippen LogP contribution in [0.25, 0.3) is 0 Å². The molecule has 0 aromatic carbocycles. The van der Waals surface area contributed by atoms with Crippen molar-refractivity contribution in [1.29, 1.82) is 0 Å². The van der Waals surface area contributed by atoms with Crippen molar-refractivity contribution < 1.29 is 0 Å². The second-order valence-corrected chi connectivity index (χ2v) is 8.55. The van der Waals surface area contributed by atoms with Crippen molar-refractivity contribution in [3.05, 3.63) is 0 Å². The largest absolute Gasteiger partial charge is 0.0826 e.